The zero-order chi connectivity index (χ0) is 13.2. The Kier molecular flexibility index (Phi) is 2.76. The minimum absolute atomic E-state index is 0.215. The second kappa shape index (κ2) is 4.58. The first-order valence-electron chi connectivity index (χ1n) is 5.34. The van der Waals surface area contributed by atoms with Gasteiger partial charge in [-0.1, -0.05) is 23.5 Å². The Hall–Kier alpha value is -2.61. The largest absolute Gasteiger partial charge is 0.374 e. The van der Waals surface area contributed by atoms with Gasteiger partial charge in [-0.25, -0.2) is 4.98 Å². The first-order valence-corrected chi connectivity index (χ1v) is 6.16. The summed E-state index contributed by atoms with van der Waals surface area (Å²) in [6, 6.07) is 7.32. The Bertz CT molecular complexity index is 756. The van der Waals surface area contributed by atoms with Crippen LogP contribution in [0.4, 0.5) is 10.3 Å². The molecule has 0 bridgehead atoms. The monoisotopic (exact) mass is 272 g/mol. The van der Waals surface area contributed by atoms with E-state index < -0.39 is 5.91 Å². The van der Waals surface area contributed by atoms with Crippen LogP contribution in [0.15, 0.2) is 30.5 Å². The lowest BCUT2D eigenvalue weighted by Gasteiger charge is -2.01. The van der Waals surface area contributed by atoms with E-state index in [4.69, 9.17) is 5.73 Å². The van der Waals surface area contributed by atoms with Gasteiger partial charge in [0.1, 0.15) is 5.69 Å². The number of para-hydroxylation sites is 2. The fraction of sp³-hybridized carbons (Fsp3) is 0. The molecule has 0 spiro atoms. The maximum absolute atomic E-state index is 12.0. The maximum Gasteiger partial charge on any atom is 0.277 e. The van der Waals surface area contributed by atoms with Crippen molar-refractivity contribution in [2.45, 2.75) is 0 Å². The topological polar surface area (TPSA) is 107 Å². The first kappa shape index (κ1) is 11.5. The van der Waals surface area contributed by atoms with E-state index in [9.17, 15) is 4.79 Å². The van der Waals surface area contributed by atoms with Crippen molar-refractivity contribution in [2.24, 2.45) is 0 Å². The molecule has 0 aliphatic rings. The quantitative estimate of drug-likeness (QED) is 0.728. The van der Waals surface area contributed by atoms with Crippen LogP contribution in [0, 0.1) is 0 Å². The van der Waals surface area contributed by atoms with Crippen LogP contribution in [-0.2, 0) is 0 Å². The van der Waals surface area contributed by atoms with E-state index in [1.165, 1.54) is 6.20 Å². The summed E-state index contributed by atoms with van der Waals surface area (Å²) >= 11 is 1.09. The molecule has 2 heterocycles. The average Bonchev–Trinajstić information content (AvgIpc) is 2.83. The molecule has 0 radical (unpaired) electrons. The standard InChI is InChI=1S/C11H8N6OS/c12-10-16-17-11(19-10)15-9(18)8-5-13-6-3-1-2-4-7(6)14-8/h1-5H,(H2,12,16)(H,15,17,18). The summed E-state index contributed by atoms with van der Waals surface area (Å²) in [5.74, 6) is -0.394. The van der Waals surface area contributed by atoms with E-state index in [0.717, 1.165) is 16.9 Å². The molecule has 19 heavy (non-hydrogen) atoms. The second-order valence-corrected chi connectivity index (χ2v) is 4.65. The molecule has 0 aliphatic carbocycles. The third-order valence-electron chi connectivity index (χ3n) is 2.34. The second-order valence-electron chi connectivity index (χ2n) is 3.64. The van der Waals surface area contributed by atoms with E-state index in [1.54, 1.807) is 6.07 Å². The smallest absolute Gasteiger partial charge is 0.277 e. The van der Waals surface area contributed by atoms with Crippen LogP contribution >= 0.6 is 11.3 Å². The molecule has 1 amide bonds. The number of carbonyl (C=O) groups is 1. The molecule has 8 heteroatoms. The summed E-state index contributed by atoms with van der Waals surface area (Å²) in [7, 11) is 0. The summed E-state index contributed by atoms with van der Waals surface area (Å²) in [4.78, 5) is 20.3. The molecular weight excluding hydrogens is 264 g/mol. The SMILES string of the molecule is Nc1nnc(NC(=O)c2cnc3ccccc3n2)s1. The number of amides is 1. The van der Waals surface area contributed by atoms with E-state index >= 15 is 0 Å². The molecule has 7 nitrogen and oxygen atoms in total. The lowest BCUT2D eigenvalue weighted by Crippen LogP contribution is -2.14. The number of aromatic nitrogens is 4. The molecule has 0 atom stereocenters. The van der Waals surface area contributed by atoms with Gasteiger partial charge in [0, 0.05) is 0 Å². The van der Waals surface area contributed by atoms with Crippen molar-refractivity contribution in [3.8, 4) is 0 Å². The van der Waals surface area contributed by atoms with Gasteiger partial charge in [0.2, 0.25) is 10.3 Å². The van der Waals surface area contributed by atoms with Crippen molar-refractivity contribution in [3.05, 3.63) is 36.2 Å². The Morgan fingerprint density at radius 3 is 2.74 bits per heavy atom. The average molecular weight is 272 g/mol. The van der Waals surface area contributed by atoms with Gasteiger partial charge in [0.25, 0.3) is 5.91 Å². The summed E-state index contributed by atoms with van der Waals surface area (Å²) in [6.45, 7) is 0. The number of anilines is 2. The summed E-state index contributed by atoms with van der Waals surface area (Å²) < 4.78 is 0. The predicted octanol–water partition coefficient (Wildman–Crippen LogP) is 1.32. The van der Waals surface area contributed by atoms with Gasteiger partial charge < -0.3 is 5.73 Å². The van der Waals surface area contributed by atoms with Gasteiger partial charge in [-0.2, -0.15) is 0 Å². The number of benzene rings is 1. The molecule has 94 valence electrons. The number of carbonyl (C=O) groups excluding carboxylic acids is 1. The van der Waals surface area contributed by atoms with Crippen molar-refractivity contribution in [1.29, 1.82) is 0 Å². The number of fused-ring (bicyclic) bond motifs is 1. The third kappa shape index (κ3) is 2.33. The molecule has 3 N–H and O–H groups in total. The molecular formula is C11H8N6OS. The van der Waals surface area contributed by atoms with Crippen molar-refractivity contribution >= 4 is 38.5 Å². The predicted molar refractivity (Wildman–Crippen MR) is 71.8 cm³/mol. The van der Waals surface area contributed by atoms with Gasteiger partial charge in [-0.3, -0.25) is 15.1 Å². The van der Waals surface area contributed by atoms with Crippen LogP contribution in [0.25, 0.3) is 11.0 Å². The number of hydrogen-bond acceptors (Lipinski definition) is 7. The van der Waals surface area contributed by atoms with Crippen molar-refractivity contribution in [1.82, 2.24) is 20.2 Å². The maximum atomic E-state index is 12.0. The molecule has 0 fully saturated rings. The molecule has 1 aromatic carbocycles. The van der Waals surface area contributed by atoms with Crippen LogP contribution in [0.2, 0.25) is 0 Å². The summed E-state index contributed by atoms with van der Waals surface area (Å²) in [5, 5.41) is 10.5. The number of nitrogens with one attached hydrogen (secondary N) is 1. The highest BCUT2D eigenvalue weighted by Gasteiger charge is 2.11. The highest BCUT2D eigenvalue weighted by Crippen LogP contribution is 2.17. The van der Waals surface area contributed by atoms with E-state index in [1.807, 2.05) is 18.2 Å². The van der Waals surface area contributed by atoms with Gasteiger partial charge >= 0.3 is 0 Å². The van der Waals surface area contributed by atoms with Crippen LogP contribution in [0.5, 0.6) is 0 Å². The fourth-order valence-corrected chi connectivity index (χ4v) is 2.02. The van der Waals surface area contributed by atoms with Gasteiger partial charge in [0.15, 0.2) is 0 Å². The highest BCUT2D eigenvalue weighted by atomic mass is 32.1. The van der Waals surface area contributed by atoms with Gasteiger partial charge in [-0.15, -0.1) is 10.2 Å². The molecule has 0 saturated heterocycles. The van der Waals surface area contributed by atoms with Crippen LogP contribution in [0.3, 0.4) is 0 Å². The van der Waals surface area contributed by atoms with Crippen molar-refractivity contribution in [2.75, 3.05) is 11.1 Å². The number of nitrogens with two attached hydrogens (primary N) is 1. The number of hydrogen-bond donors (Lipinski definition) is 2. The molecule has 0 aliphatic heterocycles. The van der Waals surface area contributed by atoms with Gasteiger partial charge in [-0.05, 0) is 12.1 Å². The minimum atomic E-state index is -0.394. The molecule has 3 rings (SSSR count). The Morgan fingerprint density at radius 1 is 1.21 bits per heavy atom. The van der Waals surface area contributed by atoms with Crippen molar-refractivity contribution < 1.29 is 4.79 Å². The zero-order valence-corrected chi connectivity index (χ0v) is 10.4. The summed E-state index contributed by atoms with van der Waals surface area (Å²) in [5.41, 5.74) is 7.04. The lowest BCUT2D eigenvalue weighted by molar-refractivity contribution is 0.102. The highest BCUT2D eigenvalue weighted by molar-refractivity contribution is 7.19. The summed E-state index contributed by atoms with van der Waals surface area (Å²) in [6.07, 6.45) is 1.42. The Morgan fingerprint density at radius 2 is 2.00 bits per heavy atom. The van der Waals surface area contributed by atoms with E-state index in [2.05, 4.69) is 25.5 Å². The van der Waals surface area contributed by atoms with E-state index in [0.29, 0.717) is 15.8 Å². The Labute approximate surface area is 111 Å². The number of nitrogens with zero attached hydrogens (tertiary/aromatic N) is 4. The third-order valence-corrected chi connectivity index (χ3v) is 3.01. The van der Waals surface area contributed by atoms with Crippen LogP contribution in [0.1, 0.15) is 10.5 Å². The zero-order valence-electron chi connectivity index (χ0n) is 9.57. The Balaban J connectivity index is 1.89. The first-order chi connectivity index (χ1) is 9.22. The minimum Gasteiger partial charge on any atom is -0.374 e. The number of rotatable bonds is 2. The fourth-order valence-electron chi connectivity index (χ4n) is 1.51. The van der Waals surface area contributed by atoms with Crippen LogP contribution < -0.4 is 11.1 Å². The van der Waals surface area contributed by atoms with E-state index in [-0.39, 0.29) is 5.69 Å². The molecule has 0 saturated carbocycles. The number of nitrogen functional groups attached to an aromatic ring is 1. The van der Waals surface area contributed by atoms with Crippen LogP contribution in [-0.4, -0.2) is 26.1 Å². The normalized spacial score (nSPS) is 10.5. The molecule has 0 unspecified atom stereocenters. The molecule has 2 aromatic heterocycles. The van der Waals surface area contributed by atoms with Gasteiger partial charge in [0.05, 0.1) is 17.2 Å². The lowest BCUT2D eigenvalue weighted by atomic mass is 10.3. The van der Waals surface area contributed by atoms with Crippen molar-refractivity contribution in [3.63, 3.8) is 0 Å². The molecule has 3 aromatic rings.